The SMILES string of the molecule is CCn1[nH]c(=O)c(NC(C)c2cccs2)c(Nc2cccc(C(=O)N(C)C)c2O)c1=O. The maximum Gasteiger partial charge on any atom is 0.291 e. The van der Waals surface area contributed by atoms with Crippen molar-refractivity contribution in [1.82, 2.24) is 14.7 Å². The molecule has 0 saturated heterocycles. The highest BCUT2D eigenvalue weighted by Crippen LogP contribution is 2.32. The highest BCUT2D eigenvalue weighted by molar-refractivity contribution is 7.10. The van der Waals surface area contributed by atoms with Crippen LogP contribution in [0.1, 0.15) is 35.1 Å². The average molecular weight is 444 g/mol. The molecule has 1 aromatic carbocycles. The second-order valence-corrected chi connectivity index (χ2v) is 8.13. The summed E-state index contributed by atoms with van der Waals surface area (Å²) in [6.45, 7) is 3.87. The fourth-order valence-electron chi connectivity index (χ4n) is 3.08. The van der Waals surface area contributed by atoms with E-state index in [1.165, 1.54) is 33.1 Å². The average Bonchev–Trinajstić information content (AvgIpc) is 3.28. The number of para-hydroxylation sites is 1. The van der Waals surface area contributed by atoms with Gasteiger partial charge in [0.1, 0.15) is 11.4 Å². The largest absolute Gasteiger partial charge is 0.505 e. The number of aromatic nitrogens is 2. The summed E-state index contributed by atoms with van der Waals surface area (Å²) in [5.74, 6) is -0.691. The molecule has 0 bridgehead atoms. The van der Waals surface area contributed by atoms with Crippen molar-refractivity contribution >= 4 is 34.3 Å². The fourth-order valence-corrected chi connectivity index (χ4v) is 3.81. The highest BCUT2D eigenvalue weighted by atomic mass is 32.1. The van der Waals surface area contributed by atoms with Crippen molar-refractivity contribution in [3.63, 3.8) is 0 Å². The van der Waals surface area contributed by atoms with E-state index in [9.17, 15) is 19.5 Å². The molecule has 0 aliphatic heterocycles. The first-order chi connectivity index (χ1) is 14.7. The number of nitrogens with one attached hydrogen (secondary N) is 3. The van der Waals surface area contributed by atoms with Crippen LogP contribution in [0.25, 0.3) is 0 Å². The lowest BCUT2D eigenvalue weighted by Crippen LogP contribution is -2.33. The van der Waals surface area contributed by atoms with E-state index in [1.54, 1.807) is 27.1 Å². The third kappa shape index (κ3) is 4.48. The van der Waals surface area contributed by atoms with E-state index >= 15 is 0 Å². The zero-order chi connectivity index (χ0) is 22.7. The summed E-state index contributed by atoms with van der Waals surface area (Å²) in [6.07, 6.45) is 0. The molecule has 31 heavy (non-hydrogen) atoms. The van der Waals surface area contributed by atoms with Gasteiger partial charge in [-0.2, -0.15) is 0 Å². The van der Waals surface area contributed by atoms with Gasteiger partial charge in [0.05, 0.1) is 17.3 Å². The number of aryl methyl sites for hydroxylation is 1. The van der Waals surface area contributed by atoms with Crippen molar-refractivity contribution in [3.05, 3.63) is 66.9 Å². The van der Waals surface area contributed by atoms with Crippen molar-refractivity contribution in [2.75, 3.05) is 24.7 Å². The van der Waals surface area contributed by atoms with Crippen LogP contribution in [0.4, 0.5) is 17.1 Å². The Kier molecular flexibility index (Phi) is 6.50. The summed E-state index contributed by atoms with van der Waals surface area (Å²) in [4.78, 5) is 40.5. The number of aromatic amines is 1. The van der Waals surface area contributed by atoms with Gasteiger partial charge in [-0.1, -0.05) is 12.1 Å². The van der Waals surface area contributed by atoms with Crippen LogP contribution >= 0.6 is 11.3 Å². The van der Waals surface area contributed by atoms with Gasteiger partial charge in [-0.05, 0) is 37.4 Å². The number of hydrogen-bond donors (Lipinski definition) is 4. The Bertz CT molecular complexity index is 1200. The highest BCUT2D eigenvalue weighted by Gasteiger charge is 2.21. The van der Waals surface area contributed by atoms with Crippen LogP contribution in [-0.4, -0.2) is 39.8 Å². The molecule has 1 amide bonds. The molecule has 0 aliphatic rings. The molecule has 9 nitrogen and oxygen atoms in total. The molecule has 1 atom stereocenters. The number of phenolic OH excluding ortho intramolecular Hbond substituents is 1. The summed E-state index contributed by atoms with van der Waals surface area (Å²) in [6, 6.07) is 8.22. The number of carbonyl (C=O) groups excluding carboxylic acids is 1. The lowest BCUT2D eigenvalue weighted by atomic mass is 10.1. The number of H-pyrrole nitrogens is 1. The van der Waals surface area contributed by atoms with Crippen molar-refractivity contribution in [3.8, 4) is 5.75 Å². The Morgan fingerprint density at radius 3 is 2.58 bits per heavy atom. The van der Waals surface area contributed by atoms with E-state index in [0.29, 0.717) is 0 Å². The molecule has 10 heteroatoms. The molecule has 3 aromatic rings. The van der Waals surface area contributed by atoms with Gasteiger partial charge < -0.3 is 20.6 Å². The van der Waals surface area contributed by atoms with E-state index in [-0.39, 0.29) is 46.9 Å². The Morgan fingerprint density at radius 1 is 1.23 bits per heavy atom. The molecule has 2 aromatic heterocycles. The minimum Gasteiger partial charge on any atom is -0.505 e. The number of anilines is 3. The van der Waals surface area contributed by atoms with Crippen LogP contribution in [0.5, 0.6) is 5.75 Å². The number of phenols is 1. The van der Waals surface area contributed by atoms with Gasteiger partial charge in [0.2, 0.25) is 0 Å². The predicted molar refractivity (Wildman–Crippen MR) is 123 cm³/mol. The summed E-state index contributed by atoms with van der Waals surface area (Å²) in [5.41, 5.74) is -0.681. The first-order valence-corrected chi connectivity index (χ1v) is 10.6. The predicted octanol–water partition coefficient (Wildman–Crippen LogP) is 2.94. The zero-order valence-electron chi connectivity index (χ0n) is 17.7. The fraction of sp³-hybridized carbons (Fsp3) is 0.286. The first-order valence-electron chi connectivity index (χ1n) is 9.72. The van der Waals surface area contributed by atoms with Crippen LogP contribution in [0.3, 0.4) is 0 Å². The smallest absolute Gasteiger partial charge is 0.291 e. The van der Waals surface area contributed by atoms with Gasteiger partial charge in [-0.3, -0.25) is 19.5 Å². The van der Waals surface area contributed by atoms with Crippen molar-refractivity contribution < 1.29 is 9.90 Å². The van der Waals surface area contributed by atoms with Gasteiger partial charge in [-0.15, -0.1) is 11.3 Å². The number of amides is 1. The molecular weight excluding hydrogens is 418 g/mol. The van der Waals surface area contributed by atoms with Crippen molar-refractivity contribution in [2.24, 2.45) is 0 Å². The molecule has 0 radical (unpaired) electrons. The molecule has 1 unspecified atom stereocenters. The molecule has 0 spiro atoms. The normalized spacial score (nSPS) is 11.7. The van der Waals surface area contributed by atoms with E-state index < -0.39 is 11.1 Å². The molecule has 0 aliphatic carbocycles. The number of hydrogen-bond acceptors (Lipinski definition) is 7. The number of aromatic hydroxyl groups is 1. The minimum atomic E-state index is -0.479. The van der Waals surface area contributed by atoms with Crippen LogP contribution in [0.2, 0.25) is 0 Å². The van der Waals surface area contributed by atoms with E-state index in [1.807, 2.05) is 24.4 Å². The lowest BCUT2D eigenvalue weighted by molar-refractivity contribution is 0.0824. The first kappa shape index (κ1) is 22.2. The number of carbonyl (C=O) groups is 1. The monoisotopic (exact) mass is 443 g/mol. The number of rotatable bonds is 7. The maximum atomic E-state index is 13.0. The third-order valence-corrected chi connectivity index (χ3v) is 5.81. The van der Waals surface area contributed by atoms with Crippen LogP contribution in [0.15, 0.2) is 45.3 Å². The van der Waals surface area contributed by atoms with Gasteiger partial charge in [0.15, 0.2) is 5.75 Å². The van der Waals surface area contributed by atoms with Crippen LogP contribution < -0.4 is 21.8 Å². The summed E-state index contributed by atoms with van der Waals surface area (Å²) in [5, 5.41) is 21.1. The van der Waals surface area contributed by atoms with Crippen molar-refractivity contribution in [1.29, 1.82) is 0 Å². The Labute approximate surface area is 182 Å². The molecule has 0 saturated carbocycles. The third-order valence-electron chi connectivity index (χ3n) is 4.75. The molecule has 0 fully saturated rings. The lowest BCUT2D eigenvalue weighted by Gasteiger charge is -2.19. The van der Waals surface area contributed by atoms with E-state index in [0.717, 1.165) is 4.88 Å². The number of thiophene rings is 1. The Morgan fingerprint density at radius 2 is 1.97 bits per heavy atom. The van der Waals surface area contributed by atoms with E-state index in [2.05, 4.69) is 15.7 Å². The van der Waals surface area contributed by atoms with Crippen LogP contribution in [-0.2, 0) is 6.54 Å². The maximum absolute atomic E-state index is 13.0. The Balaban J connectivity index is 2.09. The molecule has 164 valence electrons. The number of nitrogens with zero attached hydrogens (tertiary/aromatic N) is 2. The standard InChI is InChI=1S/C21H25N5O4S/c1-5-26-21(30)17(16(19(28)24-26)22-12(2)15-10-7-11-31-15)23-14-9-6-8-13(18(14)27)20(29)25(3)4/h6-12,22-23,27H,5H2,1-4H3,(H,24,28). The summed E-state index contributed by atoms with van der Waals surface area (Å²) in [7, 11) is 3.15. The van der Waals surface area contributed by atoms with Crippen molar-refractivity contribution in [2.45, 2.75) is 26.4 Å². The van der Waals surface area contributed by atoms with Crippen LogP contribution in [0, 0.1) is 0 Å². The molecule has 3 rings (SSSR count). The molecular formula is C21H25N5O4S. The Hall–Kier alpha value is -3.53. The van der Waals surface area contributed by atoms with E-state index in [4.69, 9.17) is 0 Å². The minimum absolute atomic E-state index is 0.0150. The van der Waals surface area contributed by atoms with Gasteiger partial charge in [-0.25, -0.2) is 4.68 Å². The molecule has 4 N–H and O–H groups in total. The quantitative estimate of drug-likeness (QED) is 0.417. The zero-order valence-corrected chi connectivity index (χ0v) is 18.5. The van der Waals surface area contributed by atoms with Gasteiger partial charge in [0, 0.05) is 25.5 Å². The second kappa shape index (κ2) is 9.09. The summed E-state index contributed by atoms with van der Waals surface area (Å²) < 4.78 is 1.18. The van der Waals surface area contributed by atoms with Gasteiger partial charge >= 0.3 is 0 Å². The number of benzene rings is 1. The molecule has 2 heterocycles. The van der Waals surface area contributed by atoms with Gasteiger partial charge in [0.25, 0.3) is 17.0 Å². The second-order valence-electron chi connectivity index (χ2n) is 7.15. The summed E-state index contributed by atoms with van der Waals surface area (Å²) >= 11 is 1.53. The topological polar surface area (TPSA) is 119 Å².